The summed E-state index contributed by atoms with van der Waals surface area (Å²) in [5, 5.41) is 21.8. The molecule has 1 aliphatic heterocycles. The first-order valence-electron chi connectivity index (χ1n) is 15.2. The van der Waals surface area contributed by atoms with Crippen LogP contribution in [-0.4, -0.2) is 87.6 Å². The molecule has 0 radical (unpaired) electrons. The molecular formula is C31H44N8O3. The van der Waals surface area contributed by atoms with Crippen molar-refractivity contribution in [3.63, 3.8) is 0 Å². The number of nitrogens with two attached hydrogens (primary N) is 1. The van der Waals surface area contributed by atoms with Gasteiger partial charge in [-0.15, -0.1) is 0 Å². The highest BCUT2D eigenvalue weighted by Crippen LogP contribution is 2.37. The average Bonchev–Trinajstić information content (AvgIpc) is 3.59. The molecule has 4 aromatic rings. The van der Waals surface area contributed by atoms with Crippen LogP contribution in [0.25, 0.3) is 22.2 Å². The van der Waals surface area contributed by atoms with Gasteiger partial charge in [-0.2, -0.15) is 0 Å². The lowest BCUT2D eigenvalue weighted by atomic mass is 9.76. The number of rotatable bonds is 9. The lowest BCUT2D eigenvalue weighted by molar-refractivity contribution is -0.0454. The summed E-state index contributed by atoms with van der Waals surface area (Å²) >= 11 is 0. The van der Waals surface area contributed by atoms with Crippen LogP contribution in [0.5, 0.6) is 0 Å². The molecule has 1 saturated carbocycles. The number of nitrogens with zero attached hydrogens (tertiary/aromatic N) is 6. The fourth-order valence-electron chi connectivity index (χ4n) is 6.54. The lowest BCUT2D eigenvalue weighted by Gasteiger charge is -2.46. The number of imidazole rings is 2. The van der Waals surface area contributed by atoms with Crippen molar-refractivity contribution in [1.29, 1.82) is 0 Å². The van der Waals surface area contributed by atoms with E-state index in [0.717, 1.165) is 42.5 Å². The summed E-state index contributed by atoms with van der Waals surface area (Å²) in [6, 6.07) is 7.27. The lowest BCUT2D eigenvalue weighted by Crippen LogP contribution is -2.52. The highest BCUT2D eigenvalue weighted by atomic mass is 16.5. The number of H-pyrrole nitrogens is 1. The molecule has 1 aromatic carbocycles. The maximum Gasteiger partial charge on any atom is 0.165 e. The zero-order valence-corrected chi connectivity index (χ0v) is 25.2. The van der Waals surface area contributed by atoms with Crippen LogP contribution in [0.3, 0.4) is 0 Å². The van der Waals surface area contributed by atoms with Crippen LogP contribution in [0.4, 0.5) is 5.82 Å². The van der Waals surface area contributed by atoms with Gasteiger partial charge in [-0.05, 0) is 62.1 Å². The first-order valence-corrected chi connectivity index (χ1v) is 15.2. The van der Waals surface area contributed by atoms with Gasteiger partial charge in [-0.1, -0.05) is 26.8 Å². The number of aromatic nitrogens is 6. The van der Waals surface area contributed by atoms with Crippen LogP contribution in [0.15, 0.2) is 30.9 Å². The van der Waals surface area contributed by atoms with E-state index in [-0.39, 0.29) is 5.41 Å². The predicted octanol–water partition coefficient (Wildman–Crippen LogP) is 3.19. The second kappa shape index (κ2) is 11.2. The van der Waals surface area contributed by atoms with Gasteiger partial charge in [0.05, 0.1) is 30.0 Å². The molecule has 4 heterocycles. The molecule has 4 atom stereocenters. The maximum absolute atomic E-state index is 10.9. The van der Waals surface area contributed by atoms with Crippen LogP contribution in [0.1, 0.15) is 65.3 Å². The molecule has 3 aromatic heterocycles. The Morgan fingerprint density at radius 2 is 1.88 bits per heavy atom. The first kappa shape index (κ1) is 29.0. The SMILES string of the molecule is CC(C)N(C[C@H]1O[C@@H](Cn2cnc3c(N)ncnc32)[C@H](O)[C@@H]1O)C1CC(CCc2nc3ccc(C(C)(C)C)cc3[nH]2)C1. The molecular weight excluding hydrogens is 532 g/mol. The van der Waals surface area contributed by atoms with E-state index in [1.807, 2.05) is 0 Å². The minimum atomic E-state index is -1.00. The molecule has 5 N–H and O–H groups in total. The third kappa shape index (κ3) is 5.62. The van der Waals surface area contributed by atoms with Gasteiger partial charge in [-0.25, -0.2) is 19.9 Å². The topological polar surface area (TPSA) is 151 Å². The summed E-state index contributed by atoms with van der Waals surface area (Å²) in [6.45, 7) is 11.9. The minimum Gasteiger partial charge on any atom is -0.388 e. The van der Waals surface area contributed by atoms with E-state index >= 15 is 0 Å². The molecule has 0 spiro atoms. The number of fused-ring (bicyclic) bond motifs is 2. The zero-order chi connectivity index (χ0) is 29.8. The van der Waals surface area contributed by atoms with E-state index in [1.54, 1.807) is 10.9 Å². The molecule has 2 fully saturated rings. The van der Waals surface area contributed by atoms with E-state index in [4.69, 9.17) is 15.5 Å². The Hall–Kier alpha value is -3.12. The van der Waals surface area contributed by atoms with Crippen molar-refractivity contribution < 1.29 is 14.9 Å². The fourth-order valence-corrected chi connectivity index (χ4v) is 6.54. The summed E-state index contributed by atoms with van der Waals surface area (Å²) in [4.78, 5) is 23.4. The van der Waals surface area contributed by atoms with Crippen molar-refractivity contribution in [2.45, 2.75) is 109 Å². The Kier molecular flexibility index (Phi) is 7.71. The second-order valence-corrected chi connectivity index (χ2v) is 13.5. The third-order valence-electron chi connectivity index (χ3n) is 9.19. The zero-order valence-electron chi connectivity index (χ0n) is 25.2. The van der Waals surface area contributed by atoms with E-state index in [0.29, 0.717) is 48.1 Å². The van der Waals surface area contributed by atoms with E-state index in [9.17, 15) is 10.2 Å². The number of ether oxygens (including phenoxy) is 1. The Morgan fingerprint density at radius 1 is 1.12 bits per heavy atom. The van der Waals surface area contributed by atoms with Gasteiger partial charge >= 0.3 is 0 Å². The average molecular weight is 577 g/mol. The van der Waals surface area contributed by atoms with E-state index in [1.165, 1.54) is 11.9 Å². The molecule has 2 aliphatic rings. The Morgan fingerprint density at radius 3 is 2.62 bits per heavy atom. The number of aliphatic hydroxyl groups is 2. The molecule has 0 bridgehead atoms. The molecule has 1 saturated heterocycles. The monoisotopic (exact) mass is 576 g/mol. The summed E-state index contributed by atoms with van der Waals surface area (Å²) in [7, 11) is 0. The number of hydrogen-bond acceptors (Lipinski definition) is 9. The van der Waals surface area contributed by atoms with Gasteiger partial charge in [0, 0.05) is 25.0 Å². The van der Waals surface area contributed by atoms with Crippen molar-refractivity contribution >= 4 is 28.0 Å². The highest BCUT2D eigenvalue weighted by Gasteiger charge is 2.45. The quantitative estimate of drug-likeness (QED) is 0.235. The predicted molar refractivity (Wildman–Crippen MR) is 162 cm³/mol. The van der Waals surface area contributed by atoms with Gasteiger partial charge in [0.1, 0.15) is 36.0 Å². The number of aromatic amines is 1. The highest BCUT2D eigenvalue weighted by molar-refractivity contribution is 5.81. The Bertz CT molecular complexity index is 1540. The van der Waals surface area contributed by atoms with Crippen LogP contribution in [0, 0.1) is 5.92 Å². The van der Waals surface area contributed by atoms with Gasteiger partial charge in [-0.3, -0.25) is 4.90 Å². The van der Waals surface area contributed by atoms with Crippen LogP contribution < -0.4 is 5.73 Å². The normalized spacial score (nSPS) is 26.6. The molecule has 6 rings (SSSR count). The first-order chi connectivity index (χ1) is 20.0. The van der Waals surface area contributed by atoms with Crippen molar-refractivity contribution in [2.24, 2.45) is 5.92 Å². The van der Waals surface area contributed by atoms with Crippen molar-refractivity contribution in [3.05, 3.63) is 42.2 Å². The summed E-state index contributed by atoms with van der Waals surface area (Å²) in [6.07, 6.45) is 4.26. The summed E-state index contributed by atoms with van der Waals surface area (Å²) in [5.74, 6) is 2.01. The second-order valence-electron chi connectivity index (χ2n) is 13.5. The van der Waals surface area contributed by atoms with Crippen molar-refractivity contribution in [3.8, 4) is 0 Å². The van der Waals surface area contributed by atoms with Crippen molar-refractivity contribution in [1.82, 2.24) is 34.4 Å². The summed E-state index contributed by atoms with van der Waals surface area (Å²) in [5.41, 5.74) is 10.6. The van der Waals surface area contributed by atoms with Gasteiger partial charge in [0.2, 0.25) is 0 Å². The van der Waals surface area contributed by atoms with Crippen molar-refractivity contribution in [2.75, 3.05) is 12.3 Å². The van der Waals surface area contributed by atoms with Crippen LogP contribution in [-0.2, 0) is 23.1 Å². The number of benzene rings is 1. The third-order valence-corrected chi connectivity index (χ3v) is 9.19. The van der Waals surface area contributed by atoms with E-state index < -0.39 is 24.4 Å². The standard InChI is InChI=1S/C31H44N8O3/c1-17(2)39(14-24-28(41)27(40)23(42-24)13-38-16-35-26-29(32)33-15-34-30(26)38)20-10-18(11-20)6-9-25-36-21-8-7-19(31(3,4)5)12-22(21)37-25/h7-8,12,15-18,20,23-24,27-28,40-41H,6,9-11,13-14H2,1-5H3,(H,36,37)(H2,32,33,34)/t18?,20?,23-,24+,27-,28+/m0/s1. The maximum atomic E-state index is 10.9. The minimum absolute atomic E-state index is 0.112. The molecule has 11 nitrogen and oxygen atoms in total. The molecule has 0 amide bonds. The number of anilines is 1. The number of aryl methyl sites for hydroxylation is 1. The Balaban J connectivity index is 1.03. The molecule has 226 valence electrons. The van der Waals surface area contributed by atoms with Crippen LogP contribution >= 0.6 is 0 Å². The van der Waals surface area contributed by atoms with Gasteiger partial charge < -0.3 is 30.2 Å². The molecule has 1 aliphatic carbocycles. The summed E-state index contributed by atoms with van der Waals surface area (Å²) < 4.78 is 8.04. The molecule has 11 heteroatoms. The smallest absolute Gasteiger partial charge is 0.165 e. The number of hydrogen-bond donors (Lipinski definition) is 4. The number of nitrogen functional groups attached to an aromatic ring is 1. The number of nitrogens with one attached hydrogen (secondary N) is 1. The van der Waals surface area contributed by atoms with Gasteiger partial charge in [0.25, 0.3) is 0 Å². The largest absolute Gasteiger partial charge is 0.388 e. The number of aliphatic hydroxyl groups excluding tert-OH is 2. The molecule has 0 unspecified atom stereocenters. The van der Waals surface area contributed by atoms with E-state index in [2.05, 4.69) is 77.7 Å². The van der Waals surface area contributed by atoms with Crippen LogP contribution in [0.2, 0.25) is 0 Å². The molecule has 42 heavy (non-hydrogen) atoms. The Labute approximate surface area is 246 Å². The fraction of sp³-hybridized carbons (Fsp3) is 0.613. The van der Waals surface area contributed by atoms with Gasteiger partial charge in [0.15, 0.2) is 11.5 Å².